The van der Waals surface area contributed by atoms with Crippen LogP contribution in [0.5, 0.6) is 0 Å². The van der Waals surface area contributed by atoms with Crippen LogP contribution in [0, 0.1) is 28.6 Å². The summed E-state index contributed by atoms with van der Waals surface area (Å²) in [6.07, 6.45) is 6.79. The molecule has 0 heterocycles. The highest BCUT2D eigenvalue weighted by Gasteiger charge is 2.30. The number of carbonyl (C=O) groups is 2. The van der Waals surface area contributed by atoms with Gasteiger partial charge in [0, 0.05) is 10.8 Å². The molecule has 1 aliphatic carbocycles. The Morgan fingerprint density at radius 2 is 1.85 bits per heavy atom. The van der Waals surface area contributed by atoms with Crippen molar-refractivity contribution in [1.82, 2.24) is 0 Å². The Hall–Kier alpha value is -2.25. The summed E-state index contributed by atoms with van der Waals surface area (Å²) < 4.78 is 9.77. The summed E-state index contributed by atoms with van der Waals surface area (Å²) in [5.41, 5.74) is 0.581. The van der Waals surface area contributed by atoms with Crippen molar-refractivity contribution < 1.29 is 19.1 Å². The van der Waals surface area contributed by atoms with Crippen LogP contribution in [0.3, 0.4) is 0 Å². The zero-order valence-corrected chi connectivity index (χ0v) is 16.3. The van der Waals surface area contributed by atoms with Crippen LogP contribution in [0.1, 0.15) is 45.4 Å². The Morgan fingerprint density at radius 1 is 1.15 bits per heavy atom. The van der Waals surface area contributed by atoms with E-state index < -0.39 is 11.9 Å². The average Bonchev–Trinajstić information content (AvgIpc) is 2.62. The Kier molecular flexibility index (Phi) is 9.54. The molecule has 140 valence electrons. The topological polar surface area (TPSA) is 100 Å². The summed E-state index contributed by atoms with van der Waals surface area (Å²) in [4.78, 5) is 24.9. The molecule has 1 atom stereocenters. The molecule has 0 radical (unpaired) electrons. The molecule has 1 saturated carbocycles. The van der Waals surface area contributed by atoms with E-state index in [9.17, 15) is 20.1 Å². The van der Waals surface area contributed by atoms with Crippen LogP contribution >= 0.6 is 11.8 Å². The second-order valence-corrected chi connectivity index (χ2v) is 6.63. The zero-order valence-electron chi connectivity index (χ0n) is 15.5. The number of nitriles is 2. The molecule has 0 aliphatic heterocycles. The molecule has 0 aromatic rings. The minimum absolute atomic E-state index is 0.0212. The van der Waals surface area contributed by atoms with E-state index >= 15 is 0 Å². The molecule has 6 nitrogen and oxygen atoms in total. The summed E-state index contributed by atoms with van der Waals surface area (Å²) in [7, 11) is 1.24. The second-order valence-electron chi connectivity index (χ2n) is 5.78. The van der Waals surface area contributed by atoms with Crippen molar-refractivity contribution >= 4 is 23.7 Å². The number of esters is 2. The number of methoxy groups -OCH3 is 1. The molecule has 0 bridgehead atoms. The highest BCUT2D eigenvalue weighted by Crippen LogP contribution is 2.40. The molecule has 0 aromatic heterocycles. The molecule has 26 heavy (non-hydrogen) atoms. The van der Waals surface area contributed by atoms with Crippen LogP contribution in [0.4, 0.5) is 0 Å². The largest absolute Gasteiger partial charge is 0.465 e. The van der Waals surface area contributed by atoms with E-state index in [0.717, 1.165) is 25.7 Å². The quantitative estimate of drug-likeness (QED) is 0.410. The molecule has 0 unspecified atom stereocenters. The van der Waals surface area contributed by atoms with Crippen molar-refractivity contribution in [3.05, 3.63) is 21.6 Å². The molecule has 1 fully saturated rings. The van der Waals surface area contributed by atoms with Gasteiger partial charge in [0.05, 0.1) is 13.7 Å². The fourth-order valence-corrected chi connectivity index (χ4v) is 4.01. The Bertz CT molecular complexity index is 683. The number of carbonyl (C=O) groups excluding carboxylic acids is 2. The van der Waals surface area contributed by atoms with Gasteiger partial charge in [-0.25, -0.2) is 9.59 Å². The van der Waals surface area contributed by atoms with Crippen molar-refractivity contribution in [2.24, 2.45) is 5.92 Å². The van der Waals surface area contributed by atoms with Gasteiger partial charge < -0.3 is 9.47 Å². The minimum atomic E-state index is -0.678. The van der Waals surface area contributed by atoms with Crippen molar-refractivity contribution in [1.29, 1.82) is 10.5 Å². The monoisotopic (exact) mass is 376 g/mol. The van der Waals surface area contributed by atoms with Crippen LogP contribution in [-0.4, -0.2) is 31.9 Å². The highest BCUT2D eigenvalue weighted by molar-refractivity contribution is 8.02. The minimum Gasteiger partial charge on any atom is -0.465 e. The van der Waals surface area contributed by atoms with E-state index in [1.165, 1.54) is 18.9 Å². The number of allylic oxidation sites excluding steroid dienone is 2. The van der Waals surface area contributed by atoms with Crippen molar-refractivity contribution in [2.45, 2.75) is 45.4 Å². The Labute approximate surface area is 158 Å². The molecular formula is C19H24N2O4S. The third-order valence-electron chi connectivity index (χ3n) is 4.31. The van der Waals surface area contributed by atoms with E-state index in [1.54, 1.807) is 13.2 Å². The van der Waals surface area contributed by atoms with E-state index in [2.05, 4.69) is 0 Å². The molecule has 0 spiro atoms. The van der Waals surface area contributed by atoms with Crippen molar-refractivity contribution in [2.75, 3.05) is 20.0 Å². The first-order chi connectivity index (χ1) is 12.5. The predicted octanol–water partition coefficient (Wildman–Crippen LogP) is 3.65. The van der Waals surface area contributed by atoms with Crippen molar-refractivity contribution in [3.63, 3.8) is 0 Å². The number of hydrogen-bond donors (Lipinski definition) is 0. The molecule has 0 saturated heterocycles. The molecule has 0 aromatic carbocycles. The third-order valence-corrected chi connectivity index (χ3v) is 5.23. The second kappa shape index (κ2) is 11.4. The Morgan fingerprint density at radius 3 is 2.38 bits per heavy atom. The SMILES string of the molecule is CCOC(=O)/C(C#N)=C(/SC)[C@@H]1CCCCCC/C1=C(/C#N)C(=O)OC. The average molecular weight is 376 g/mol. The van der Waals surface area contributed by atoms with Crippen molar-refractivity contribution in [3.8, 4) is 12.1 Å². The van der Waals surface area contributed by atoms with Gasteiger partial charge in [0.15, 0.2) is 0 Å². The summed E-state index contributed by atoms with van der Waals surface area (Å²) in [5.74, 6) is -1.68. The molecule has 1 rings (SSSR count). The number of nitrogens with zero attached hydrogens (tertiary/aromatic N) is 2. The van der Waals surface area contributed by atoms with E-state index in [0.29, 0.717) is 23.3 Å². The van der Waals surface area contributed by atoms with E-state index in [-0.39, 0.29) is 23.7 Å². The molecular weight excluding hydrogens is 352 g/mol. The number of ether oxygens (including phenoxy) is 2. The number of rotatable bonds is 5. The molecule has 0 N–H and O–H groups in total. The van der Waals surface area contributed by atoms with Gasteiger partial charge in [0.1, 0.15) is 23.3 Å². The van der Waals surface area contributed by atoms with Gasteiger partial charge in [-0.3, -0.25) is 0 Å². The van der Waals surface area contributed by atoms with Gasteiger partial charge in [0.2, 0.25) is 0 Å². The van der Waals surface area contributed by atoms with Crippen LogP contribution in [0.2, 0.25) is 0 Å². The van der Waals surface area contributed by atoms with Gasteiger partial charge in [-0.05, 0) is 38.0 Å². The highest BCUT2D eigenvalue weighted by atomic mass is 32.2. The first kappa shape index (κ1) is 21.8. The van der Waals surface area contributed by atoms with Gasteiger partial charge in [-0.15, -0.1) is 11.8 Å². The lowest BCUT2D eigenvalue weighted by Crippen LogP contribution is -2.19. The fourth-order valence-electron chi connectivity index (χ4n) is 3.13. The van der Waals surface area contributed by atoms with Gasteiger partial charge in [0.25, 0.3) is 0 Å². The number of hydrogen-bond acceptors (Lipinski definition) is 7. The Balaban J connectivity index is 3.58. The van der Waals surface area contributed by atoms with Crippen LogP contribution in [0.25, 0.3) is 0 Å². The fraction of sp³-hybridized carbons (Fsp3) is 0.579. The maximum atomic E-state index is 12.2. The lowest BCUT2D eigenvalue weighted by Gasteiger charge is -2.26. The standard InChI is InChI=1S/C19H24N2O4S/c1-4-25-19(23)16(12-21)17(26-3)14-10-8-6-5-7-9-13(14)15(11-20)18(22)24-2/h14H,4-10H2,1-3H3/b15-13+,17-16+/t14-/m1/s1. The summed E-state index contributed by atoms with van der Waals surface area (Å²) >= 11 is 1.29. The lowest BCUT2D eigenvalue weighted by molar-refractivity contribution is -0.138. The van der Waals surface area contributed by atoms with Crippen LogP contribution < -0.4 is 0 Å². The molecule has 7 heteroatoms. The molecule has 1 aliphatic rings. The lowest BCUT2D eigenvalue weighted by atomic mass is 9.82. The van der Waals surface area contributed by atoms with Gasteiger partial charge in [-0.2, -0.15) is 10.5 Å². The first-order valence-corrected chi connectivity index (χ1v) is 9.84. The third kappa shape index (κ3) is 5.37. The maximum Gasteiger partial charge on any atom is 0.349 e. The number of thioether (sulfide) groups is 1. The van der Waals surface area contributed by atoms with Gasteiger partial charge in [-0.1, -0.05) is 19.3 Å². The maximum absolute atomic E-state index is 12.2. The zero-order chi connectivity index (χ0) is 19.5. The van der Waals surface area contributed by atoms with Gasteiger partial charge >= 0.3 is 11.9 Å². The predicted molar refractivity (Wildman–Crippen MR) is 98.6 cm³/mol. The van der Waals surface area contributed by atoms with E-state index in [1.807, 2.05) is 12.1 Å². The summed E-state index contributed by atoms with van der Waals surface area (Å²) in [6.45, 7) is 1.85. The van der Waals surface area contributed by atoms with Crippen LogP contribution in [0.15, 0.2) is 21.6 Å². The normalized spacial score (nSPS) is 20.4. The summed E-state index contributed by atoms with van der Waals surface area (Å²) in [5, 5.41) is 19.0. The summed E-state index contributed by atoms with van der Waals surface area (Å²) in [6, 6.07) is 3.92. The molecule has 0 amide bonds. The smallest absolute Gasteiger partial charge is 0.349 e. The van der Waals surface area contributed by atoms with E-state index in [4.69, 9.17) is 9.47 Å². The first-order valence-electron chi connectivity index (χ1n) is 8.62. The van der Waals surface area contributed by atoms with Crippen LogP contribution in [-0.2, 0) is 19.1 Å².